The third-order valence-corrected chi connectivity index (χ3v) is 2.77. The zero-order valence-electron chi connectivity index (χ0n) is 9.66. The number of ether oxygens (including phenoxy) is 1. The van der Waals surface area contributed by atoms with Crippen LogP contribution in [0.2, 0.25) is 0 Å². The maximum atomic E-state index is 11.7. The van der Waals surface area contributed by atoms with Gasteiger partial charge in [0.2, 0.25) is 5.91 Å². The van der Waals surface area contributed by atoms with Crippen LogP contribution >= 0.6 is 0 Å². The Bertz CT molecular complexity index is 209. The maximum Gasteiger partial charge on any atom is 0.249 e. The molecule has 88 valence electrons. The highest BCUT2D eigenvalue weighted by Gasteiger charge is 2.30. The quantitative estimate of drug-likeness (QED) is 0.711. The summed E-state index contributed by atoms with van der Waals surface area (Å²) in [5, 5.41) is 2.96. The Balaban J connectivity index is 2.29. The normalized spacial score (nSPS) is 27.7. The molecule has 0 aromatic heterocycles. The molecule has 0 aromatic carbocycles. The monoisotopic (exact) mass is 214 g/mol. The average molecular weight is 214 g/mol. The summed E-state index contributed by atoms with van der Waals surface area (Å²) in [5.74, 6) is 0.0203. The summed E-state index contributed by atoms with van der Waals surface area (Å²) in [6.07, 6.45) is 3.58. The SMILES string of the molecule is CCCC(C)NC(=O)C1CCC(CN)O1. The Kier molecular flexibility index (Phi) is 5.05. The van der Waals surface area contributed by atoms with Gasteiger partial charge in [-0.05, 0) is 26.2 Å². The molecule has 0 spiro atoms. The van der Waals surface area contributed by atoms with Gasteiger partial charge in [-0.1, -0.05) is 13.3 Å². The third-order valence-electron chi connectivity index (χ3n) is 2.77. The first-order valence-electron chi connectivity index (χ1n) is 5.83. The summed E-state index contributed by atoms with van der Waals surface area (Å²) in [5.41, 5.74) is 5.49. The number of hydrogen-bond acceptors (Lipinski definition) is 3. The number of rotatable bonds is 5. The summed E-state index contributed by atoms with van der Waals surface area (Å²) < 4.78 is 5.51. The van der Waals surface area contributed by atoms with E-state index in [1.807, 2.05) is 6.92 Å². The Hall–Kier alpha value is -0.610. The Morgan fingerprint density at radius 3 is 2.87 bits per heavy atom. The van der Waals surface area contributed by atoms with Crippen molar-refractivity contribution in [3.8, 4) is 0 Å². The van der Waals surface area contributed by atoms with Crippen LogP contribution in [-0.2, 0) is 9.53 Å². The number of carbonyl (C=O) groups excluding carboxylic acids is 1. The third kappa shape index (κ3) is 3.80. The molecule has 3 N–H and O–H groups in total. The second kappa shape index (κ2) is 6.08. The van der Waals surface area contributed by atoms with E-state index >= 15 is 0 Å². The van der Waals surface area contributed by atoms with E-state index in [-0.39, 0.29) is 24.2 Å². The second-order valence-electron chi connectivity index (χ2n) is 4.26. The average Bonchev–Trinajstić information content (AvgIpc) is 2.66. The number of hydrogen-bond donors (Lipinski definition) is 2. The molecule has 4 nitrogen and oxygen atoms in total. The molecule has 1 fully saturated rings. The van der Waals surface area contributed by atoms with E-state index in [2.05, 4.69) is 12.2 Å². The minimum Gasteiger partial charge on any atom is -0.364 e. The van der Waals surface area contributed by atoms with Gasteiger partial charge >= 0.3 is 0 Å². The smallest absolute Gasteiger partial charge is 0.249 e. The molecule has 1 amide bonds. The topological polar surface area (TPSA) is 64.4 Å². The first-order chi connectivity index (χ1) is 7.17. The molecule has 0 aliphatic carbocycles. The van der Waals surface area contributed by atoms with Crippen LogP contribution < -0.4 is 11.1 Å². The van der Waals surface area contributed by atoms with Crippen LogP contribution in [-0.4, -0.2) is 30.7 Å². The number of carbonyl (C=O) groups is 1. The van der Waals surface area contributed by atoms with Crippen LogP contribution in [0.4, 0.5) is 0 Å². The van der Waals surface area contributed by atoms with E-state index in [1.54, 1.807) is 0 Å². The van der Waals surface area contributed by atoms with Gasteiger partial charge in [0.25, 0.3) is 0 Å². The largest absolute Gasteiger partial charge is 0.364 e. The first kappa shape index (κ1) is 12.5. The van der Waals surface area contributed by atoms with Gasteiger partial charge in [-0.2, -0.15) is 0 Å². The predicted octanol–water partition coefficient (Wildman–Crippen LogP) is 0.797. The molecule has 0 bridgehead atoms. The van der Waals surface area contributed by atoms with Crippen molar-refractivity contribution < 1.29 is 9.53 Å². The number of amides is 1. The van der Waals surface area contributed by atoms with E-state index in [4.69, 9.17) is 10.5 Å². The van der Waals surface area contributed by atoms with Gasteiger partial charge in [0.1, 0.15) is 6.10 Å². The summed E-state index contributed by atoms with van der Waals surface area (Å²) in [7, 11) is 0. The minimum atomic E-state index is -0.280. The van der Waals surface area contributed by atoms with E-state index in [0.29, 0.717) is 6.54 Å². The van der Waals surface area contributed by atoms with Gasteiger partial charge in [-0.15, -0.1) is 0 Å². The molecule has 1 aliphatic rings. The minimum absolute atomic E-state index is 0.0203. The molecule has 1 aliphatic heterocycles. The number of nitrogens with two attached hydrogens (primary N) is 1. The van der Waals surface area contributed by atoms with E-state index in [0.717, 1.165) is 25.7 Å². The van der Waals surface area contributed by atoms with Crippen LogP contribution in [0.3, 0.4) is 0 Å². The van der Waals surface area contributed by atoms with Gasteiger partial charge in [0, 0.05) is 12.6 Å². The van der Waals surface area contributed by atoms with Crippen molar-refractivity contribution in [2.24, 2.45) is 5.73 Å². The summed E-state index contributed by atoms with van der Waals surface area (Å²) in [4.78, 5) is 11.7. The van der Waals surface area contributed by atoms with E-state index < -0.39 is 0 Å². The maximum absolute atomic E-state index is 11.7. The Morgan fingerprint density at radius 2 is 2.33 bits per heavy atom. The van der Waals surface area contributed by atoms with E-state index in [9.17, 15) is 4.79 Å². The van der Waals surface area contributed by atoms with Crippen LogP contribution in [0.25, 0.3) is 0 Å². The molecular formula is C11H22N2O2. The lowest BCUT2D eigenvalue weighted by Gasteiger charge is -2.17. The van der Waals surface area contributed by atoms with Gasteiger partial charge in [0.15, 0.2) is 0 Å². The van der Waals surface area contributed by atoms with Crippen molar-refractivity contribution in [2.75, 3.05) is 6.54 Å². The van der Waals surface area contributed by atoms with Crippen molar-refractivity contribution in [3.05, 3.63) is 0 Å². The fourth-order valence-corrected chi connectivity index (χ4v) is 1.91. The first-order valence-corrected chi connectivity index (χ1v) is 5.83. The predicted molar refractivity (Wildman–Crippen MR) is 59.5 cm³/mol. The van der Waals surface area contributed by atoms with E-state index in [1.165, 1.54) is 0 Å². The zero-order chi connectivity index (χ0) is 11.3. The van der Waals surface area contributed by atoms with Crippen molar-refractivity contribution in [1.29, 1.82) is 0 Å². The molecular weight excluding hydrogens is 192 g/mol. The van der Waals surface area contributed by atoms with Crippen LogP contribution in [0.5, 0.6) is 0 Å². The van der Waals surface area contributed by atoms with Crippen LogP contribution in [0.15, 0.2) is 0 Å². The van der Waals surface area contributed by atoms with Crippen LogP contribution in [0.1, 0.15) is 39.5 Å². The summed E-state index contributed by atoms with van der Waals surface area (Å²) in [6.45, 7) is 4.64. The molecule has 3 atom stereocenters. The van der Waals surface area contributed by atoms with Crippen molar-refractivity contribution in [3.63, 3.8) is 0 Å². The summed E-state index contributed by atoms with van der Waals surface area (Å²) in [6, 6.07) is 0.239. The highest BCUT2D eigenvalue weighted by molar-refractivity contribution is 5.81. The van der Waals surface area contributed by atoms with Crippen molar-refractivity contribution >= 4 is 5.91 Å². The lowest BCUT2D eigenvalue weighted by molar-refractivity contribution is -0.132. The highest BCUT2D eigenvalue weighted by atomic mass is 16.5. The zero-order valence-corrected chi connectivity index (χ0v) is 9.66. The second-order valence-corrected chi connectivity index (χ2v) is 4.26. The molecule has 3 unspecified atom stereocenters. The molecule has 0 aromatic rings. The number of nitrogens with one attached hydrogen (secondary N) is 1. The molecule has 1 rings (SSSR count). The Labute approximate surface area is 91.5 Å². The van der Waals surface area contributed by atoms with Crippen molar-refractivity contribution in [2.45, 2.75) is 57.8 Å². The molecule has 0 radical (unpaired) electrons. The standard InChI is InChI=1S/C11H22N2O2/c1-3-4-8(2)13-11(14)10-6-5-9(7-12)15-10/h8-10H,3-7,12H2,1-2H3,(H,13,14). The Morgan fingerprint density at radius 1 is 1.60 bits per heavy atom. The van der Waals surface area contributed by atoms with Crippen LogP contribution in [0, 0.1) is 0 Å². The van der Waals surface area contributed by atoms with Gasteiger partial charge in [0.05, 0.1) is 6.10 Å². The lowest BCUT2D eigenvalue weighted by Crippen LogP contribution is -2.40. The summed E-state index contributed by atoms with van der Waals surface area (Å²) >= 11 is 0. The molecule has 0 saturated carbocycles. The van der Waals surface area contributed by atoms with Crippen molar-refractivity contribution in [1.82, 2.24) is 5.32 Å². The fraction of sp³-hybridized carbons (Fsp3) is 0.909. The highest BCUT2D eigenvalue weighted by Crippen LogP contribution is 2.19. The molecule has 1 heterocycles. The lowest BCUT2D eigenvalue weighted by atomic mass is 10.1. The molecule has 4 heteroatoms. The molecule has 15 heavy (non-hydrogen) atoms. The van der Waals surface area contributed by atoms with Gasteiger partial charge in [-0.3, -0.25) is 4.79 Å². The van der Waals surface area contributed by atoms with Gasteiger partial charge < -0.3 is 15.8 Å². The van der Waals surface area contributed by atoms with Gasteiger partial charge in [-0.25, -0.2) is 0 Å². The molecule has 1 saturated heterocycles. The fourth-order valence-electron chi connectivity index (χ4n) is 1.91.